The summed E-state index contributed by atoms with van der Waals surface area (Å²) in [6.07, 6.45) is 6.14. The van der Waals surface area contributed by atoms with Crippen LogP contribution in [-0.4, -0.2) is 27.4 Å². The van der Waals surface area contributed by atoms with Gasteiger partial charge in [0.15, 0.2) is 0 Å². The predicted molar refractivity (Wildman–Crippen MR) is 117 cm³/mol. The van der Waals surface area contributed by atoms with E-state index in [2.05, 4.69) is 26.3 Å². The van der Waals surface area contributed by atoms with E-state index in [-0.39, 0.29) is 11.7 Å². The highest BCUT2D eigenvalue weighted by atomic mass is 19.1. The van der Waals surface area contributed by atoms with E-state index in [0.717, 1.165) is 67.4 Å². The molecule has 158 valence electrons. The lowest BCUT2D eigenvalue weighted by Crippen LogP contribution is -2.47. The number of nitrogens with one attached hydrogen (secondary N) is 1. The number of halogens is 1. The molecule has 1 fully saturated rings. The summed E-state index contributed by atoms with van der Waals surface area (Å²) in [5.41, 5.74) is 2.83. The zero-order valence-electron chi connectivity index (χ0n) is 17.4. The second kappa shape index (κ2) is 7.72. The molecule has 1 amide bonds. The van der Waals surface area contributed by atoms with Gasteiger partial charge in [-0.3, -0.25) is 9.78 Å². The highest BCUT2D eigenvalue weighted by Gasteiger charge is 2.47. The first-order chi connectivity index (χ1) is 15.0. The fourth-order valence-electron chi connectivity index (χ4n) is 4.46. The van der Waals surface area contributed by atoms with Gasteiger partial charge in [-0.15, -0.1) is 0 Å². The van der Waals surface area contributed by atoms with E-state index in [9.17, 15) is 9.18 Å². The van der Waals surface area contributed by atoms with Crippen molar-refractivity contribution in [3.8, 4) is 0 Å². The van der Waals surface area contributed by atoms with Gasteiger partial charge in [0, 0.05) is 18.4 Å². The summed E-state index contributed by atoms with van der Waals surface area (Å²) in [5, 5.41) is 2.96. The van der Waals surface area contributed by atoms with Crippen molar-refractivity contribution in [2.24, 2.45) is 0 Å². The molecule has 1 saturated carbocycles. The van der Waals surface area contributed by atoms with E-state index < -0.39 is 5.41 Å². The van der Waals surface area contributed by atoms with Crippen molar-refractivity contribution in [2.75, 3.05) is 16.8 Å². The maximum atomic E-state index is 13.2. The molecule has 6 nitrogen and oxygen atoms in total. The zero-order chi connectivity index (χ0) is 21.4. The first-order valence-electron chi connectivity index (χ1n) is 10.7. The third-order valence-electron chi connectivity index (χ3n) is 6.31. The number of benzene rings is 1. The molecule has 0 spiro atoms. The molecule has 3 heterocycles. The monoisotopic (exact) mass is 417 g/mol. The number of hydrogen-bond donors (Lipinski definition) is 1. The van der Waals surface area contributed by atoms with Crippen molar-refractivity contribution in [3.05, 3.63) is 71.7 Å². The molecule has 31 heavy (non-hydrogen) atoms. The summed E-state index contributed by atoms with van der Waals surface area (Å²) in [6.45, 7) is 2.76. The Morgan fingerprint density at radius 2 is 1.87 bits per heavy atom. The molecule has 1 aliphatic carbocycles. The maximum Gasteiger partial charge on any atom is 0.236 e. The van der Waals surface area contributed by atoms with E-state index in [1.165, 1.54) is 12.1 Å². The molecule has 5 rings (SSSR count). The quantitative estimate of drug-likeness (QED) is 0.679. The van der Waals surface area contributed by atoms with E-state index in [0.29, 0.717) is 5.69 Å². The van der Waals surface area contributed by atoms with Crippen LogP contribution in [0.3, 0.4) is 0 Å². The lowest BCUT2D eigenvalue weighted by Gasteiger charge is -2.40. The fourth-order valence-corrected chi connectivity index (χ4v) is 4.46. The molecule has 0 radical (unpaired) electrons. The Labute approximate surface area is 180 Å². The van der Waals surface area contributed by atoms with Crippen LogP contribution in [0, 0.1) is 12.7 Å². The van der Waals surface area contributed by atoms with Gasteiger partial charge in [-0.1, -0.05) is 6.42 Å². The standard InChI is InChI=1S/C24H24FN5O/c1-16-26-14-11-22(27-16)30-15-2-4-19-20(30)9-10-21(29-19)24(12-3-13-24)23(31)28-18-7-5-17(25)6-8-18/h5-11,14H,2-4,12-13,15H2,1H3,(H,28,31). The van der Waals surface area contributed by atoms with Gasteiger partial charge in [-0.2, -0.15) is 0 Å². The highest BCUT2D eigenvalue weighted by molar-refractivity contribution is 5.99. The third kappa shape index (κ3) is 3.54. The third-order valence-corrected chi connectivity index (χ3v) is 6.31. The SMILES string of the molecule is Cc1nccc(N2CCCc3nc(C4(C(=O)Nc5ccc(F)cc5)CCC4)ccc32)n1. The van der Waals surface area contributed by atoms with Crippen LogP contribution in [0.5, 0.6) is 0 Å². The number of pyridine rings is 1. The van der Waals surface area contributed by atoms with E-state index in [1.54, 1.807) is 18.3 Å². The number of carbonyl (C=O) groups excluding carboxylic acids is 1. The number of anilines is 3. The van der Waals surface area contributed by atoms with Crippen LogP contribution in [0.4, 0.5) is 21.6 Å². The second-order valence-corrected chi connectivity index (χ2v) is 8.28. The lowest BCUT2D eigenvalue weighted by atomic mass is 9.65. The minimum Gasteiger partial charge on any atom is -0.325 e. The van der Waals surface area contributed by atoms with Crippen LogP contribution < -0.4 is 10.2 Å². The molecular weight excluding hydrogens is 393 g/mol. The summed E-state index contributed by atoms with van der Waals surface area (Å²) >= 11 is 0. The Balaban J connectivity index is 1.45. The topological polar surface area (TPSA) is 71.0 Å². The summed E-state index contributed by atoms with van der Waals surface area (Å²) in [6, 6.07) is 11.8. The Bertz CT molecular complexity index is 1130. The first kappa shape index (κ1) is 19.6. The van der Waals surface area contributed by atoms with Gasteiger partial charge in [-0.05, 0) is 75.1 Å². The number of carbonyl (C=O) groups is 1. The molecule has 0 saturated heterocycles. The van der Waals surface area contributed by atoms with E-state index >= 15 is 0 Å². The molecule has 1 N–H and O–H groups in total. The summed E-state index contributed by atoms with van der Waals surface area (Å²) < 4.78 is 13.2. The van der Waals surface area contributed by atoms with E-state index in [1.807, 2.05) is 19.1 Å². The minimum absolute atomic E-state index is 0.0723. The van der Waals surface area contributed by atoms with Crippen molar-refractivity contribution < 1.29 is 9.18 Å². The number of fused-ring (bicyclic) bond motifs is 1. The number of aromatic nitrogens is 3. The largest absolute Gasteiger partial charge is 0.325 e. The van der Waals surface area contributed by atoms with Crippen LogP contribution in [0.2, 0.25) is 0 Å². The van der Waals surface area contributed by atoms with Crippen LogP contribution in [-0.2, 0) is 16.6 Å². The van der Waals surface area contributed by atoms with Gasteiger partial charge >= 0.3 is 0 Å². The molecule has 1 aliphatic heterocycles. The number of rotatable bonds is 4. The Hall–Kier alpha value is -3.35. The van der Waals surface area contributed by atoms with Crippen molar-refractivity contribution in [1.29, 1.82) is 0 Å². The second-order valence-electron chi connectivity index (χ2n) is 8.28. The molecule has 1 aromatic carbocycles. The molecule has 3 aromatic rings. The van der Waals surface area contributed by atoms with E-state index in [4.69, 9.17) is 4.98 Å². The van der Waals surface area contributed by atoms with Crippen LogP contribution in [0.25, 0.3) is 0 Å². The molecule has 0 atom stereocenters. The molecular formula is C24H24FN5O. The van der Waals surface area contributed by atoms with Gasteiger partial charge in [0.1, 0.15) is 17.5 Å². The molecule has 7 heteroatoms. The Kier molecular flexibility index (Phi) is 4.88. The van der Waals surface area contributed by atoms with Crippen LogP contribution in [0.15, 0.2) is 48.7 Å². The van der Waals surface area contributed by atoms with Gasteiger partial charge in [-0.25, -0.2) is 14.4 Å². The molecule has 0 unspecified atom stereocenters. The summed E-state index contributed by atoms with van der Waals surface area (Å²) in [4.78, 5) is 29.1. The molecule has 2 aliphatic rings. The Morgan fingerprint density at radius 1 is 1.06 bits per heavy atom. The van der Waals surface area contributed by atoms with Gasteiger partial charge in [0.05, 0.1) is 22.5 Å². The lowest BCUT2D eigenvalue weighted by molar-refractivity contribution is -0.124. The van der Waals surface area contributed by atoms with Crippen molar-refractivity contribution in [1.82, 2.24) is 15.0 Å². The van der Waals surface area contributed by atoms with Crippen LogP contribution in [0.1, 0.15) is 42.9 Å². The summed E-state index contributed by atoms with van der Waals surface area (Å²) in [7, 11) is 0. The van der Waals surface area contributed by atoms with Crippen molar-refractivity contribution in [2.45, 2.75) is 44.4 Å². The van der Waals surface area contributed by atoms with Crippen molar-refractivity contribution in [3.63, 3.8) is 0 Å². The molecule has 2 aromatic heterocycles. The van der Waals surface area contributed by atoms with Gasteiger partial charge in [0.25, 0.3) is 0 Å². The summed E-state index contributed by atoms with van der Waals surface area (Å²) in [5.74, 6) is 1.21. The normalized spacial score (nSPS) is 16.9. The zero-order valence-corrected chi connectivity index (χ0v) is 17.4. The van der Waals surface area contributed by atoms with Gasteiger partial charge < -0.3 is 10.2 Å². The predicted octanol–water partition coefficient (Wildman–Crippen LogP) is 4.46. The smallest absolute Gasteiger partial charge is 0.236 e. The fraction of sp³-hybridized carbons (Fsp3) is 0.333. The first-order valence-corrected chi connectivity index (χ1v) is 10.7. The minimum atomic E-state index is -0.628. The Morgan fingerprint density at radius 3 is 2.58 bits per heavy atom. The average molecular weight is 417 g/mol. The number of amides is 1. The van der Waals surface area contributed by atoms with Crippen LogP contribution >= 0.6 is 0 Å². The number of nitrogens with zero attached hydrogens (tertiary/aromatic N) is 4. The highest BCUT2D eigenvalue weighted by Crippen LogP contribution is 2.45. The number of hydrogen-bond acceptors (Lipinski definition) is 5. The average Bonchev–Trinajstić information content (AvgIpc) is 2.74. The van der Waals surface area contributed by atoms with Crippen molar-refractivity contribution >= 4 is 23.1 Å². The maximum absolute atomic E-state index is 13.2. The molecule has 0 bridgehead atoms. The number of aryl methyl sites for hydroxylation is 2. The van der Waals surface area contributed by atoms with Gasteiger partial charge in [0.2, 0.25) is 5.91 Å².